The lowest BCUT2D eigenvalue weighted by atomic mass is 9.93. The Bertz CT molecular complexity index is 1240. The molecular weight excluding hydrogens is 510 g/mol. The van der Waals surface area contributed by atoms with Gasteiger partial charge in [-0.2, -0.15) is 26.3 Å². The molecule has 0 saturated carbocycles. The average molecular weight is 532 g/mol. The normalized spacial score (nSPS) is 19.2. The number of aliphatic carboxylic acids is 2. The molecule has 4 heterocycles. The Balaban J connectivity index is 0.000000227. The number of nitrogens with zero attached hydrogens (tertiary/aromatic N) is 3. The number of alkyl halides is 6. The Morgan fingerprint density at radius 2 is 1.57 bits per heavy atom. The number of hydrogen-bond donors (Lipinski definition) is 3. The number of H-pyrrole nitrogens is 1. The molecule has 1 aromatic carbocycles. The van der Waals surface area contributed by atoms with Crippen molar-refractivity contribution in [2.24, 2.45) is 5.92 Å². The highest BCUT2D eigenvalue weighted by Crippen LogP contribution is 2.35. The number of likely N-dealkylation sites (tertiary alicyclic amines) is 1. The van der Waals surface area contributed by atoms with Crippen molar-refractivity contribution in [2.75, 3.05) is 31.6 Å². The summed E-state index contributed by atoms with van der Waals surface area (Å²) >= 11 is 0. The number of rotatable bonds is 2. The number of carbonyl (C=O) groups is 2. The van der Waals surface area contributed by atoms with Crippen LogP contribution in [-0.4, -0.2) is 82.1 Å². The first-order valence-electron chi connectivity index (χ1n) is 10.8. The molecule has 0 spiro atoms. The third-order valence-electron chi connectivity index (χ3n) is 5.97. The summed E-state index contributed by atoms with van der Waals surface area (Å²) in [7, 11) is 2.23. The van der Waals surface area contributed by atoms with Gasteiger partial charge in [0.1, 0.15) is 0 Å². The van der Waals surface area contributed by atoms with Gasteiger partial charge in [-0.15, -0.1) is 0 Å². The van der Waals surface area contributed by atoms with Crippen molar-refractivity contribution >= 4 is 28.5 Å². The molecule has 2 fully saturated rings. The highest BCUT2D eigenvalue weighted by Gasteiger charge is 2.43. The van der Waals surface area contributed by atoms with E-state index in [1.807, 2.05) is 12.4 Å². The third kappa shape index (κ3) is 6.70. The molecule has 0 amide bonds. The van der Waals surface area contributed by atoms with E-state index in [1.165, 1.54) is 34.3 Å². The fourth-order valence-corrected chi connectivity index (χ4v) is 4.17. The second-order valence-electron chi connectivity index (χ2n) is 8.46. The largest absolute Gasteiger partial charge is 0.490 e. The maximum Gasteiger partial charge on any atom is 0.490 e. The van der Waals surface area contributed by atoms with Gasteiger partial charge in [0.25, 0.3) is 0 Å². The van der Waals surface area contributed by atoms with Crippen molar-refractivity contribution in [3.05, 3.63) is 48.9 Å². The summed E-state index contributed by atoms with van der Waals surface area (Å²) in [5, 5.41) is 15.5. The topological polar surface area (TPSA) is 110 Å². The van der Waals surface area contributed by atoms with Gasteiger partial charge in [-0.3, -0.25) is 4.98 Å². The molecular formula is C23H22F6N4O4. The lowest BCUT2D eigenvalue weighted by molar-refractivity contribution is -0.193. The van der Waals surface area contributed by atoms with E-state index >= 15 is 0 Å². The van der Waals surface area contributed by atoms with E-state index in [1.54, 1.807) is 0 Å². The summed E-state index contributed by atoms with van der Waals surface area (Å²) in [5.41, 5.74) is 4.84. The fraction of sp³-hybridized carbons (Fsp3) is 0.348. The van der Waals surface area contributed by atoms with Crippen LogP contribution in [0.15, 0.2) is 48.9 Å². The number of pyridine rings is 1. The van der Waals surface area contributed by atoms with Gasteiger partial charge in [-0.05, 0) is 19.2 Å². The van der Waals surface area contributed by atoms with Crippen LogP contribution in [0, 0.1) is 5.92 Å². The predicted octanol–water partition coefficient (Wildman–Crippen LogP) is 4.25. The summed E-state index contributed by atoms with van der Waals surface area (Å²) in [4.78, 5) is 30.6. The number of carboxylic acid groups (broad SMARTS) is 2. The average Bonchev–Trinajstić information content (AvgIpc) is 3.40. The Labute approximate surface area is 206 Å². The van der Waals surface area contributed by atoms with Crippen molar-refractivity contribution in [3.63, 3.8) is 0 Å². The molecule has 8 nitrogen and oxygen atoms in total. The summed E-state index contributed by atoms with van der Waals surface area (Å²) in [6.45, 7) is 3.52. The van der Waals surface area contributed by atoms with Crippen LogP contribution in [-0.2, 0) is 9.59 Å². The molecule has 2 saturated heterocycles. The van der Waals surface area contributed by atoms with Crippen LogP contribution in [0.25, 0.3) is 22.0 Å². The number of halogens is 6. The van der Waals surface area contributed by atoms with E-state index in [4.69, 9.17) is 19.8 Å². The number of nitrogens with one attached hydrogen (secondary N) is 1. The van der Waals surface area contributed by atoms with E-state index in [0.717, 1.165) is 25.0 Å². The van der Waals surface area contributed by atoms with Crippen molar-refractivity contribution < 1.29 is 46.1 Å². The fourth-order valence-electron chi connectivity index (χ4n) is 4.17. The van der Waals surface area contributed by atoms with Gasteiger partial charge in [0, 0.05) is 66.0 Å². The zero-order chi connectivity index (χ0) is 27.5. The molecule has 2 aliphatic rings. The maximum absolute atomic E-state index is 10.6. The molecule has 2 atom stereocenters. The molecule has 3 N–H and O–H groups in total. The first-order chi connectivity index (χ1) is 17.2. The number of carboxylic acids is 2. The smallest absolute Gasteiger partial charge is 0.475 e. The molecule has 3 aromatic rings. The minimum Gasteiger partial charge on any atom is -0.475 e. The van der Waals surface area contributed by atoms with Gasteiger partial charge >= 0.3 is 24.3 Å². The van der Waals surface area contributed by atoms with Crippen LogP contribution < -0.4 is 4.90 Å². The molecule has 2 aromatic heterocycles. The minimum atomic E-state index is -5.08. The molecule has 0 unspecified atom stereocenters. The number of likely N-dealkylation sites (N-methyl/N-ethyl adjacent to an activating group) is 1. The Hall–Kier alpha value is -3.81. The first-order valence-corrected chi connectivity index (χ1v) is 10.8. The SMILES string of the molecule is CN1C[C@H]2CN(c3cncc(-c4c[nH]c5ccccc45)c3)C[C@H]21.O=C(O)C(F)(F)F.O=C(O)C(F)(F)F. The summed E-state index contributed by atoms with van der Waals surface area (Å²) in [6, 6.07) is 11.4. The molecule has 200 valence electrons. The van der Waals surface area contributed by atoms with Crippen molar-refractivity contribution in [3.8, 4) is 11.1 Å². The Morgan fingerprint density at radius 3 is 2.11 bits per heavy atom. The summed E-state index contributed by atoms with van der Waals surface area (Å²) in [6.07, 6.45) is -4.11. The van der Waals surface area contributed by atoms with Gasteiger partial charge in [0.05, 0.1) is 11.9 Å². The zero-order valence-corrected chi connectivity index (χ0v) is 19.2. The van der Waals surface area contributed by atoms with Crippen molar-refractivity contribution in [1.82, 2.24) is 14.9 Å². The summed E-state index contributed by atoms with van der Waals surface area (Å²) < 4.78 is 63.5. The van der Waals surface area contributed by atoms with Gasteiger partial charge in [-0.25, -0.2) is 9.59 Å². The molecule has 0 aliphatic carbocycles. The zero-order valence-electron chi connectivity index (χ0n) is 19.2. The number of para-hydroxylation sites is 1. The van der Waals surface area contributed by atoms with E-state index in [2.05, 4.69) is 63.3 Å². The maximum atomic E-state index is 10.6. The molecule has 5 rings (SSSR count). The highest BCUT2D eigenvalue weighted by molar-refractivity contribution is 5.95. The van der Waals surface area contributed by atoms with Crippen molar-refractivity contribution in [2.45, 2.75) is 18.4 Å². The van der Waals surface area contributed by atoms with Gasteiger partial charge in [0.2, 0.25) is 0 Å². The Morgan fingerprint density at radius 1 is 0.973 bits per heavy atom. The lowest BCUT2D eigenvalue weighted by Crippen LogP contribution is -2.52. The molecule has 2 aliphatic heterocycles. The molecule has 37 heavy (non-hydrogen) atoms. The molecule has 0 bridgehead atoms. The van der Waals surface area contributed by atoms with Crippen LogP contribution >= 0.6 is 0 Å². The summed E-state index contributed by atoms with van der Waals surface area (Å²) in [5.74, 6) is -4.68. The van der Waals surface area contributed by atoms with Crippen LogP contribution in [0.5, 0.6) is 0 Å². The van der Waals surface area contributed by atoms with E-state index < -0.39 is 24.3 Å². The van der Waals surface area contributed by atoms with Crippen LogP contribution in [0.1, 0.15) is 0 Å². The second-order valence-corrected chi connectivity index (χ2v) is 8.46. The minimum absolute atomic E-state index is 0.728. The van der Waals surface area contributed by atoms with Crippen LogP contribution in [0.4, 0.5) is 32.0 Å². The number of aromatic amines is 1. The second kappa shape index (κ2) is 10.7. The van der Waals surface area contributed by atoms with Gasteiger partial charge in [0.15, 0.2) is 0 Å². The number of anilines is 1. The number of benzene rings is 1. The van der Waals surface area contributed by atoms with Crippen LogP contribution in [0.2, 0.25) is 0 Å². The van der Waals surface area contributed by atoms with Crippen molar-refractivity contribution in [1.29, 1.82) is 0 Å². The van der Waals surface area contributed by atoms with Crippen LogP contribution in [0.3, 0.4) is 0 Å². The van der Waals surface area contributed by atoms with E-state index in [9.17, 15) is 26.3 Å². The standard InChI is InChI=1S/C19H20N4.2C2HF3O2/c1-22-10-14-11-23(12-19(14)22)15-6-13(7-20-8-15)17-9-21-18-5-3-2-4-16(17)18;2*3-2(4,5)1(6)7/h2-9,14,19,21H,10-12H2,1H3;2*(H,6,7)/t14-,19+;;/m0../s1. The predicted molar refractivity (Wildman–Crippen MR) is 121 cm³/mol. The van der Waals surface area contributed by atoms with E-state index in [0.29, 0.717) is 0 Å². The quantitative estimate of drug-likeness (QED) is 0.424. The van der Waals surface area contributed by atoms with Gasteiger partial charge < -0.3 is 25.0 Å². The molecule has 0 radical (unpaired) electrons. The first kappa shape index (κ1) is 27.8. The highest BCUT2D eigenvalue weighted by atomic mass is 19.4. The molecule has 14 heteroatoms. The van der Waals surface area contributed by atoms with Gasteiger partial charge in [-0.1, -0.05) is 18.2 Å². The number of hydrogen-bond acceptors (Lipinski definition) is 5. The lowest BCUT2D eigenvalue weighted by Gasteiger charge is -2.40. The third-order valence-corrected chi connectivity index (χ3v) is 5.97. The van der Waals surface area contributed by atoms with E-state index in [-0.39, 0.29) is 0 Å². The number of aromatic nitrogens is 2. The Kier molecular flexibility index (Phi) is 8.00. The number of fused-ring (bicyclic) bond motifs is 2. The monoisotopic (exact) mass is 532 g/mol.